The van der Waals surface area contributed by atoms with E-state index < -0.39 is 0 Å². The van der Waals surface area contributed by atoms with E-state index in [4.69, 9.17) is 5.26 Å². The molecule has 1 N–H and O–H groups in total. The smallest absolute Gasteiger partial charge is 0.124 e. The number of rotatable bonds is 2. The highest BCUT2D eigenvalue weighted by molar-refractivity contribution is 5.57. The van der Waals surface area contributed by atoms with Crippen LogP contribution in [0.4, 0.5) is 10.1 Å². The Balaban J connectivity index is 2.05. The van der Waals surface area contributed by atoms with Gasteiger partial charge in [-0.3, -0.25) is 0 Å². The molecule has 3 heteroatoms. The van der Waals surface area contributed by atoms with Crippen molar-refractivity contribution in [3.8, 4) is 6.07 Å². The van der Waals surface area contributed by atoms with Gasteiger partial charge in [-0.2, -0.15) is 5.26 Å². The summed E-state index contributed by atoms with van der Waals surface area (Å²) in [5.41, 5.74) is 1.57. The fourth-order valence-corrected chi connectivity index (χ4v) is 2.50. The summed E-state index contributed by atoms with van der Waals surface area (Å²) in [5, 5.41) is 12.4. The quantitative estimate of drug-likeness (QED) is 0.853. The third kappa shape index (κ3) is 3.01. The van der Waals surface area contributed by atoms with E-state index in [0.29, 0.717) is 17.0 Å². The van der Waals surface area contributed by atoms with Crippen LogP contribution < -0.4 is 5.32 Å². The van der Waals surface area contributed by atoms with Gasteiger partial charge in [0, 0.05) is 6.04 Å². The Morgan fingerprint density at radius 3 is 2.61 bits per heavy atom. The van der Waals surface area contributed by atoms with Gasteiger partial charge in [0.25, 0.3) is 0 Å². The maximum absolute atomic E-state index is 13.0. The zero-order valence-electron chi connectivity index (χ0n) is 11.0. The molecule has 0 atom stereocenters. The highest BCUT2D eigenvalue weighted by atomic mass is 19.1. The Morgan fingerprint density at radius 1 is 1.33 bits per heavy atom. The lowest BCUT2D eigenvalue weighted by Gasteiger charge is -2.35. The van der Waals surface area contributed by atoms with E-state index in [0.717, 1.165) is 18.5 Å². The van der Waals surface area contributed by atoms with Crippen LogP contribution in [0.3, 0.4) is 0 Å². The monoisotopic (exact) mass is 246 g/mol. The molecule has 0 saturated heterocycles. The summed E-state index contributed by atoms with van der Waals surface area (Å²) in [4.78, 5) is 0. The normalized spacial score (nSPS) is 19.2. The number of nitrogens with zero attached hydrogens (tertiary/aromatic N) is 1. The summed E-state index contributed by atoms with van der Waals surface area (Å²) in [6, 6.07) is 6.78. The molecule has 0 radical (unpaired) electrons. The predicted octanol–water partition coefficient (Wildman–Crippen LogP) is 4.08. The standard InChI is InChI=1S/C15H19FN2/c1-15(2)7-5-13(6-8-15)18-14-4-3-12(16)9-11(14)10-17/h3-4,9,13,18H,5-8H2,1-2H3. The molecule has 0 heterocycles. The second-order valence-electron chi connectivity index (χ2n) is 5.88. The van der Waals surface area contributed by atoms with Crippen LogP contribution in [0.1, 0.15) is 45.1 Å². The molecule has 1 aromatic carbocycles. The molecule has 96 valence electrons. The molecule has 0 aliphatic heterocycles. The number of benzene rings is 1. The van der Waals surface area contributed by atoms with Crippen LogP contribution in [0.25, 0.3) is 0 Å². The number of nitriles is 1. The molecule has 2 nitrogen and oxygen atoms in total. The Kier molecular flexibility index (Phi) is 3.56. The van der Waals surface area contributed by atoms with E-state index in [1.807, 2.05) is 6.07 Å². The van der Waals surface area contributed by atoms with E-state index in [1.54, 1.807) is 6.07 Å². The maximum atomic E-state index is 13.0. The van der Waals surface area contributed by atoms with E-state index in [-0.39, 0.29) is 5.82 Å². The highest BCUT2D eigenvalue weighted by Gasteiger charge is 2.26. The van der Waals surface area contributed by atoms with Crippen molar-refractivity contribution in [3.05, 3.63) is 29.6 Å². The molecule has 0 aromatic heterocycles. The second kappa shape index (κ2) is 4.97. The van der Waals surface area contributed by atoms with Gasteiger partial charge in [0.15, 0.2) is 0 Å². The first kappa shape index (κ1) is 12.9. The van der Waals surface area contributed by atoms with Crippen molar-refractivity contribution in [2.24, 2.45) is 5.41 Å². The Hall–Kier alpha value is -1.56. The molecule has 0 unspecified atom stereocenters. The zero-order chi connectivity index (χ0) is 13.2. The van der Waals surface area contributed by atoms with Crippen molar-refractivity contribution in [1.29, 1.82) is 5.26 Å². The molecular formula is C15H19FN2. The van der Waals surface area contributed by atoms with Crippen molar-refractivity contribution in [2.45, 2.75) is 45.6 Å². The highest BCUT2D eigenvalue weighted by Crippen LogP contribution is 2.36. The Bertz CT molecular complexity index is 464. The van der Waals surface area contributed by atoms with Crippen molar-refractivity contribution in [2.75, 3.05) is 5.32 Å². The Labute approximate surface area is 108 Å². The third-order valence-electron chi connectivity index (χ3n) is 3.80. The lowest BCUT2D eigenvalue weighted by Crippen LogP contribution is -2.30. The van der Waals surface area contributed by atoms with Crippen LogP contribution in [-0.2, 0) is 0 Å². The van der Waals surface area contributed by atoms with Gasteiger partial charge in [-0.25, -0.2) is 4.39 Å². The van der Waals surface area contributed by atoms with Crippen LogP contribution in [0.15, 0.2) is 18.2 Å². The lowest BCUT2D eigenvalue weighted by atomic mass is 9.75. The second-order valence-corrected chi connectivity index (χ2v) is 5.88. The largest absolute Gasteiger partial charge is 0.381 e. The summed E-state index contributed by atoms with van der Waals surface area (Å²) < 4.78 is 13.0. The van der Waals surface area contributed by atoms with Crippen LogP contribution in [0.5, 0.6) is 0 Å². The molecule has 0 amide bonds. The average Bonchev–Trinajstić information content (AvgIpc) is 2.34. The van der Waals surface area contributed by atoms with Gasteiger partial charge < -0.3 is 5.32 Å². The summed E-state index contributed by atoms with van der Waals surface area (Å²) in [5.74, 6) is -0.359. The first-order valence-corrected chi connectivity index (χ1v) is 6.46. The first-order valence-electron chi connectivity index (χ1n) is 6.46. The van der Waals surface area contributed by atoms with E-state index in [1.165, 1.54) is 25.0 Å². The molecule has 1 saturated carbocycles. The summed E-state index contributed by atoms with van der Waals surface area (Å²) in [6.45, 7) is 4.59. The van der Waals surface area contributed by atoms with Crippen molar-refractivity contribution in [1.82, 2.24) is 0 Å². The van der Waals surface area contributed by atoms with Gasteiger partial charge in [0.2, 0.25) is 0 Å². The fourth-order valence-electron chi connectivity index (χ4n) is 2.50. The minimum atomic E-state index is -0.359. The van der Waals surface area contributed by atoms with Crippen molar-refractivity contribution < 1.29 is 4.39 Å². The molecule has 0 spiro atoms. The maximum Gasteiger partial charge on any atom is 0.124 e. The van der Waals surface area contributed by atoms with Gasteiger partial charge in [0.05, 0.1) is 11.3 Å². The molecule has 0 bridgehead atoms. The van der Waals surface area contributed by atoms with E-state index in [2.05, 4.69) is 19.2 Å². The lowest BCUT2D eigenvalue weighted by molar-refractivity contribution is 0.232. The van der Waals surface area contributed by atoms with Crippen LogP contribution >= 0.6 is 0 Å². The number of nitrogens with one attached hydrogen (secondary N) is 1. The summed E-state index contributed by atoms with van der Waals surface area (Å²) in [7, 11) is 0. The third-order valence-corrected chi connectivity index (χ3v) is 3.80. The SMILES string of the molecule is CC1(C)CCC(Nc2ccc(F)cc2C#N)CC1. The van der Waals surface area contributed by atoms with E-state index in [9.17, 15) is 4.39 Å². The summed E-state index contributed by atoms with van der Waals surface area (Å²) in [6.07, 6.45) is 4.59. The predicted molar refractivity (Wildman–Crippen MR) is 70.8 cm³/mol. The topological polar surface area (TPSA) is 35.8 Å². The number of hydrogen-bond donors (Lipinski definition) is 1. The van der Waals surface area contributed by atoms with Crippen molar-refractivity contribution >= 4 is 5.69 Å². The zero-order valence-corrected chi connectivity index (χ0v) is 11.0. The van der Waals surface area contributed by atoms with Gasteiger partial charge in [0.1, 0.15) is 11.9 Å². The van der Waals surface area contributed by atoms with Crippen LogP contribution in [0.2, 0.25) is 0 Å². The number of anilines is 1. The van der Waals surface area contributed by atoms with Crippen LogP contribution in [-0.4, -0.2) is 6.04 Å². The van der Waals surface area contributed by atoms with Crippen molar-refractivity contribution in [3.63, 3.8) is 0 Å². The van der Waals surface area contributed by atoms with Crippen LogP contribution in [0, 0.1) is 22.6 Å². The molecule has 18 heavy (non-hydrogen) atoms. The number of hydrogen-bond acceptors (Lipinski definition) is 2. The summed E-state index contributed by atoms with van der Waals surface area (Å²) >= 11 is 0. The minimum Gasteiger partial charge on any atom is -0.381 e. The molecule has 1 aliphatic rings. The molecule has 1 fully saturated rings. The molecule has 1 aliphatic carbocycles. The van der Waals surface area contributed by atoms with Gasteiger partial charge in [-0.1, -0.05) is 13.8 Å². The van der Waals surface area contributed by atoms with Gasteiger partial charge in [-0.15, -0.1) is 0 Å². The van der Waals surface area contributed by atoms with Gasteiger partial charge >= 0.3 is 0 Å². The Morgan fingerprint density at radius 2 is 2.00 bits per heavy atom. The van der Waals surface area contributed by atoms with E-state index >= 15 is 0 Å². The first-order chi connectivity index (χ1) is 8.50. The fraction of sp³-hybridized carbons (Fsp3) is 0.533. The average molecular weight is 246 g/mol. The minimum absolute atomic E-state index is 0.359. The molecular weight excluding hydrogens is 227 g/mol. The van der Waals surface area contributed by atoms with Gasteiger partial charge in [-0.05, 0) is 49.3 Å². The molecule has 1 aromatic rings. The molecule has 2 rings (SSSR count). The number of halogens is 1.